The summed E-state index contributed by atoms with van der Waals surface area (Å²) in [6, 6.07) is 3.59. The Morgan fingerprint density at radius 1 is 1.14 bits per heavy atom. The summed E-state index contributed by atoms with van der Waals surface area (Å²) < 4.78 is 17.3. The zero-order chi connectivity index (χ0) is 26.9. The van der Waals surface area contributed by atoms with E-state index in [0.717, 1.165) is 36.8 Å². The van der Waals surface area contributed by atoms with Gasteiger partial charge in [-0.05, 0) is 84.9 Å². The number of carbonyl (C=O) groups is 3. The van der Waals surface area contributed by atoms with E-state index >= 15 is 0 Å². The van der Waals surface area contributed by atoms with Crippen LogP contribution >= 0.6 is 0 Å². The number of piperidine rings is 1. The topological polar surface area (TPSA) is 85.4 Å². The molecule has 0 spiro atoms. The van der Waals surface area contributed by atoms with E-state index in [4.69, 9.17) is 14.2 Å². The maximum atomic E-state index is 13.9. The van der Waals surface area contributed by atoms with Gasteiger partial charge in [-0.15, -0.1) is 0 Å². The number of aryl methyl sites for hydroxylation is 1. The summed E-state index contributed by atoms with van der Waals surface area (Å²) in [7, 11) is 0. The van der Waals surface area contributed by atoms with Crippen molar-refractivity contribution in [3.8, 4) is 5.75 Å². The Kier molecular flexibility index (Phi) is 8.17. The van der Waals surface area contributed by atoms with E-state index in [-0.39, 0.29) is 42.2 Å². The van der Waals surface area contributed by atoms with Crippen molar-refractivity contribution in [1.29, 1.82) is 0 Å². The summed E-state index contributed by atoms with van der Waals surface area (Å²) in [4.78, 5) is 43.3. The molecule has 8 heteroatoms. The number of Topliss-reactive ketones (excluding diaryl/α,β-unsaturated/α-hetero) is 1. The van der Waals surface area contributed by atoms with Crippen LogP contribution in [0.3, 0.4) is 0 Å². The Morgan fingerprint density at radius 2 is 1.84 bits per heavy atom. The fraction of sp³-hybridized carbons (Fsp3) is 0.690. The van der Waals surface area contributed by atoms with Gasteiger partial charge in [-0.3, -0.25) is 9.59 Å². The highest BCUT2D eigenvalue weighted by molar-refractivity contribution is 5.97. The van der Waals surface area contributed by atoms with Crippen LogP contribution in [-0.4, -0.2) is 77.7 Å². The van der Waals surface area contributed by atoms with Gasteiger partial charge >= 0.3 is 6.09 Å². The summed E-state index contributed by atoms with van der Waals surface area (Å²) in [5, 5.41) is 0. The number of hydrogen-bond acceptors (Lipinski definition) is 6. The average Bonchev–Trinajstić information content (AvgIpc) is 2.83. The number of fused-ring (bicyclic) bond motifs is 1. The van der Waals surface area contributed by atoms with Crippen molar-refractivity contribution in [1.82, 2.24) is 9.80 Å². The molecule has 2 fully saturated rings. The predicted molar refractivity (Wildman–Crippen MR) is 140 cm³/mol. The summed E-state index contributed by atoms with van der Waals surface area (Å²) in [5.41, 5.74) is 1.61. The third kappa shape index (κ3) is 6.28. The van der Waals surface area contributed by atoms with E-state index in [1.165, 1.54) is 0 Å². The molecule has 2 amide bonds. The lowest BCUT2D eigenvalue weighted by atomic mass is 9.86. The second-order valence-corrected chi connectivity index (χ2v) is 11.9. The normalized spacial score (nSPS) is 22.9. The van der Waals surface area contributed by atoms with Gasteiger partial charge in [-0.25, -0.2) is 4.79 Å². The quantitative estimate of drug-likeness (QED) is 0.586. The number of ketones is 1. The highest BCUT2D eigenvalue weighted by Gasteiger charge is 2.38. The van der Waals surface area contributed by atoms with Crippen LogP contribution in [0, 0.1) is 12.8 Å². The lowest BCUT2D eigenvalue weighted by molar-refractivity contribution is -0.130. The van der Waals surface area contributed by atoms with E-state index in [9.17, 15) is 14.4 Å². The van der Waals surface area contributed by atoms with E-state index < -0.39 is 11.7 Å². The zero-order valence-electron chi connectivity index (χ0n) is 23.2. The molecule has 0 aliphatic carbocycles. The second kappa shape index (κ2) is 11.0. The third-order valence-corrected chi connectivity index (χ3v) is 7.50. The van der Waals surface area contributed by atoms with Crippen molar-refractivity contribution in [3.63, 3.8) is 0 Å². The van der Waals surface area contributed by atoms with Gasteiger partial charge in [-0.2, -0.15) is 0 Å². The molecule has 0 saturated carbocycles. The van der Waals surface area contributed by atoms with Gasteiger partial charge in [0.1, 0.15) is 11.4 Å². The summed E-state index contributed by atoms with van der Waals surface area (Å²) in [5.74, 6) is 0.870. The Balaban J connectivity index is 1.53. The number of rotatable bonds is 4. The first kappa shape index (κ1) is 27.4. The lowest BCUT2D eigenvalue weighted by Gasteiger charge is -2.42. The number of carbonyl (C=O) groups excluding carboxylic acids is 3. The standard InChI is InChI=1S/C29H42N2O6/c1-18(2)31(22-8-7-11-30(17-22)28(34)37-29(4,5)6)27(33)23-15-21-16-24(32)26(20-9-12-35-13-10-20)36-25(21)14-19(23)3/h14-15,18,20,22,26H,7-13,16-17H2,1-6H3/t22-,26?/m1/s1. The summed E-state index contributed by atoms with van der Waals surface area (Å²) in [6.45, 7) is 13.9. The molecular formula is C29H42N2O6. The van der Waals surface area contributed by atoms with Gasteiger partial charge in [0.2, 0.25) is 0 Å². The van der Waals surface area contributed by atoms with Crippen LogP contribution in [0.4, 0.5) is 4.79 Å². The molecule has 3 aliphatic rings. The highest BCUT2D eigenvalue weighted by atomic mass is 16.6. The van der Waals surface area contributed by atoms with E-state index in [1.807, 2.05) is 58.6 Å². The van der Waals surface area contributed by atoms with Gasteiger partial charge in [0.25, 0.3) is 5.91 Å². The average molecular weight is 515 g/mol. The molecular weight excluding hydrogens is 472 g/mol. The predicted octanol–water partition coefficient (Wildman–Crippen LogP) is 4.54. The van der Waals surface area contributed by atoms with Gasteiger partial charge in [0.15, 0.2) is 11.9 Å². The molecule has 1 unspecified atom stereocenters. The smallest absolute Gasteiger partial charge is 0.410 e. The minimum Gasteiger partial charge on any atom is -0.482 e. The van der Waals surface area contributed by atoms with Crippen LogP contribution in [-0.2, 0) is 20.7 Å². The molecule has 1 aromatic carbocycles. The van der Waals surface area contributed by atoms with Crippen LogP contribution < -0.4 is 4.74 Å². The largest absolute Gasteiger partial charge is 0.482 e. The highest BCUT2D eigenvalue weighted by Crippen LogP contribution is 2.35. The number of ether oxygens (including phenoxy) is 3. The number of nitrogens with zero attached hydrogens (tertiary/aromatic N) is 2. The molecule has 2 atom stereocenters. The van der Waals surface area contributed by atoms with Gasteiger partial charge in [0, 0.05) is 55.8 Å². The Bertz CT molecular complexity index is 1020. The number of likely N-dealkylation sites (tertiary alicyclic amines) is 1. The minimum atomic E-state index is -0.568. The maximum absolute atomic E-state index is 13.9. The van der Waals surface area contributed by atoms with Gasteiger partial charge in [-0.1, -0.05) is 0 Å². The van der Waals surface area contributed by atoms with Crippen LogP contribution in [0.15, 0.2) is 12.1 Å². The van der Waals surface area contributed by atoms with E-state index in [0.29, 0.717) is 37.6 Å². The molecule has 3 aliphatic heterocycles. The molecule has 8 nitrogen and oxygen atoms in total. The van der Waals surface area contributed by atoms with Crippen molar-refractivity contribution < 1.29 is 28.6 Å². The first-order valence-corrected chi connectivity index (χ1v) is 13.7. The summed E-state index contributed by atoms with van der Waals surface area (Å²) >= 11 is 0. The van der Waals surface area contributed by atoms with Crippen molar-refractivity contribution in [2.75, 3.05) is 26.3 Å². The molecule has 3 heterocycles. The van der Waals surface area contributed by atoms with Gasteiger partial charge in [0.05, 0.1) is 6.04 Å². The number of benzene rings is 1. The van der Waals surface area contributed by atoms with Crippen molar-refractivity contribution in [2.24, 2.45) is 5.92 Å². The van der Waals surface area contributed by atoms with E-state index in [2.05, 4.69) is 0 Å². The lowest BCUT2D eigenvalue weighted by Crippen LogP contribution is -2.54. The SMILES string of the molecule is Cc1cc2c(cc1C(=O)N(C(C)C)[C@@H]1CCCN(C(=O)OC(C)(C)C)C1)CC(=O)C(C1CCOCC1)O2. The molecule has 0 N–H and O–H groups in total. The van der Waals surface area contributed by atoms with Crippen molar-refractivity contribution >= 4 is 17.8 Å². The first-order valence-electron chi connectivity index (χ1n) is 13.7. The molecule has 0 bridgehead atoms. The third-order valence-electron chi connectivity index (χ3n) is 7.50. The minimum absolute atomic E-state index is 0.0534. The molecule has 0 aromatic heterocycles. The monoisotopic (exact) mass is 514 g/mol. The van der Waals surface area contributed by atoms with Crippen LogP contribution in [0.5, 0.6) is 5.75 Å². The van der Waals surface area contributed by atoms with Gasteiger partial charge < -0.3 is 24.0 Å². The Morgan fingerprint density at radius 3 is 2.49 bits per heavy atom. The van der Waals surface area contributed by atoms with Crippen LogP contribution in [0.25, 0.3) is 0 Å². The van der Waals surface area contributed by atoms with E-state index in [1.54, 1.807) is 4.90 Å². The molecule has 1 aromatic rings. The fourth-order valence-electron chi connectivity index (χ4n) is 5.71. The Hall–Kier alpha value is -2.61. The molecule has 204 valence electrons. The molecule has 37 heavy (non-hydrogen) atoms. The maximum Gasteiger partial charge on any atom is 0.410 e. The van der Waals surface area contributed by atoms with Crippen LogP contribution in [0.1, 0.15) is 81.8 Å². The van der Waals surface area contributed by atoms with Crippen molar-refractivity contribution in [3.05, 3.63) is 28.8 Å². The number of amides is 2. The molecule has 4 rings (SSSR count). The van der Waals surface area contributed by atoms with Crippen LogP contribution in [0.2, 0.25) is 0 Å². The Labute approximate surface area is 220 Å². The molecule has 2 saturated heterocycles. The zero-order valence-corrected chi connectivity index (χ0v) is 23.2. The van der Waals surface area contributed by atoms with Crippen molar-refractivity contribution in [2.45, 2.75) is 97.4 Å². The fourth-order valence-corrected chi connectivity index (χ4v) is 5.71. The number of hydrogen-bond donors (Lipinski definition) is 0. The summed E-state index contributed by atoms with van der Waals surface area (Å²) in [6.07, 6.45) is 2.77. The first-order chi connectivity index (χ1) is 17.4. The molecule has 0 radical (unpaired) electrons. The second-order valence-electron chi connectivity index (χ2n) is 11.9.